The smallest absolute Gasteiger partial charge is 0.256 e. The van der Waals surface area contributed by atoms with E-state index in [-0.39, 0.29) is 23.9 Å². The fourth-order valence-corrected chi connectivity index (χ4v) is 3.92. The molecule has 0 bridgehead atoms. The Hall–Kier alpha value is -3.51. The second-order valence-electron chi connectivity index (χ2n) is 7.92. The van der Waals surface area contributed by atoms with Crippen LogP contribution in [-0.4, -0.2) is 54.3 Å². The van der Waals surface area contributed by atoms with Crippen LogP contribution in [0.15, 0.2) is 78.9 Å². The van der Waals surface area contributed by atoms with Crippen molar-refractivity contribution >= 4 is 17.5 Å². The van der Waals surface area contributed by atoms with E-state index < -0.39 is 5.82 Å². The van der Waals surface area contributed by atoms with Crippen LogP contribution in [0.3, 0.4) is 0 Å². The van der Waals surface area contributed by atoms with Crippen molar-refractivity contribution in [3.05, 3.63) is 101 Å². The SMILES string of the molecule is O=C(CN1CCN(C(=O)c2ccccc2F)CC1)Nc1ccccc1Cc1ccccc1. The molecular weight excluding hydrogens is 405 g/mol. The van der Waals surface area contributed by atoms with Crippen molar-refractivity contribution in [1.29, 1.82) is 0 Å². The van der Waals surface area contributed by atoms with Gasteiger partial charge < -0.3 is 10.2 Å². The maximum absolute atomic E-state index is 13.9. The number of para-hydroxylation sites is 1. The van der Waals surface area contributed by atoms with E-state index in [1.165, 1.54) is 17.7 Å². The fraction of sp³-hybridized carbons (Fsp3) is 0.231. The Morgan fingerprint density at radius 3 is 2.22 bits per heavy atom. The minimum Gasteiger partial charge on any atom is -0.336 e. The van der Waals surface area contributed by atoms with Gasteiger partial charge in [0.15, 0.2) is 0 Å². The standard InChI is InChI=1S/C26H26FN3O2/c27-23-12-6-5-11-22(23)26(32)30-16-14-29(15-17-30)19-25(31)28-24-13-7-4-10-21(24)18-20-8-2-1-3-9-20/h1-13H,14-19H2,(H,28,31). The van der Waals surface area contributed by atoms with E-state index in [1.54, 1.807) is 17.0 Å². The van der Waals surface area contributed by atoms with Crippen LogP contribution >= 0.6 is 0 Å². The number of halogens is 1. The normalized spacial score (nSPS) is 14.2. The highest BCUT2D eigenvalue weighted by Gasteiger charge is 2.25. The van der Waals surface area contributed by atoms with Crippen molar-refractivity contribution in [1.82, 2.24) is 9.80 Å². The lowest BCUT2D eigenvalue weighted by molar-refractivity contribution is -0.117. The number of anilines is 1. The van der Waals surface area contributed by atoms with E-state index in [0.717, 1.165) is 17.7 Å². The van der Waals surface area contributed by atoms with Gasteiger partial charge in [-0.3, -0.25) is 14.5 Å². The molecule has 0 aromatic heterocycles. The number of carbonyl (C=O) groups is 2. The molecule has 1 saturated heterocycles. The summed E-state index contributed by atoms with van der Waals surface area (Å²) < 4.78 is 13.9. The van der Waals surface area contributed by atoms with Crippen molar-refractivity contribution in [3.63, 3.8) is 0 Å². The molecule has 0 spiro atoms. The molecule has 0 unspecified atom stereocenters. The van der Waals surface area contributed by atoms with Crippen LogP contribution in [0.1, 0.15) is 21.5 Å². The van der Waals surface area contributed by atoms with Gasteiger partial charge in [0.25, 0.3) is 5.91 Å². The number of hydrogen-bond donors (Lipinski definition) is 1. The molecular formula is C26H26FN3O2. The molecule has 0 atom stereocenters. The molecule has 1 heterocycles. The van der Waals surface area contributed by atoms with Gasteiger partial charge in [-0.15, -0.1) is 0 Å². The van der Waals surface area contributed by atoms with Crippen LogP contribution in [0.2, 0.25) is 0 Å². The summed E-state index contributed by atoms with van der Waals surface area (Å²) in [5.74, 6) is -0.894. The molecule has 32 heavy (non-hydrogen) atoms. The highest BCUT2D eigenvalue weighted by Crippen LogP contribution is 2.19. The van der Waals surface area contributed by atoms with E-state index in [9.17, 15) is 14.0 Å². The lowest BCUT2D eigenvalue weighted by Gasteiger charge is -2.34. The van der Waals surface area contributed by atoms with Gasteiger partial charge in [-0.05, 0) is 35.7 Å². The lowest BCUT2D eigenvalue weighted by Crippen LogP contribution is -2.50. The summed E-state index contributed by atoms with van der Waals surface area (Å²) in [7, 11) is 0. The number of benzene rings is 3. The Morgan fingerprint density at radius 1 is 0.812 bits per heavy atom. The van der Waals surface area contributed by atoms with Gasteiger partial charge in [-0.1, -0.05) is 60.7 Å². The Balaban J connectivity index is 1.31. The topological polar surface area (TPSA) is 52.7 Å². The maximum atomic E-state index is 13.9. The first-order valence-electron chi connectivity index (χ1n) is 10.8. The zero-order valence-electron chi connectivity index (χ0n) is 17.8. The summed E-state index contributed by atoms with van der Waals surface area (Å²) in [4.78, 5) is 28.9. The zero-order valence-corrected chi connectivity index (χ0v) is 17.8. The van der Waals surface area contributed by atoms with Crippen molar-refractivity contribution in [3.8, 4) is 0 Å². The van der Waals surface area contributed by atoms with Gasteiger partial charge >= 0.3 is 0 Å². The van der Waals surface area contributed by atoms with Gasteiger partial charge in [0.2, 0.25) is 5.91 Å². The molecule has 164 valence electrons. The average Bonchev–Trinajstić information content (AvgIpc) is 2.81. The summed E-state index contributed by atoms with van der Waals surface area (Å²) in [6, 6.07) is 24.0. The van der Waals surface area contributed by atoms with Gasteiger partial charge in [0, 0.05) is 31.9 Å². The van der Waals surface area contributed by atoms with E-state index in [4.69, 9.17) is 0 Å². The molecule has 0 saturated carbocycles. The Kier molecular flexibility index (Phi) is 6.92. The second kappa shape index (κ2) is 10.2. The minimum absolute atomic E-state index is 0.0839. The van der Waals surface area contributed by atoms with Crippen molar-refractivity contribution in [2.45, 2.75) is 6.42 Å². The van der Waals surface area contributed by atoms with Crippen molar-refractivity contribution < 1.29 is 14.0 Å². The second-order valence-corrected chi connectivity index (χ2v) is 7.92. The molecule has 0 aliphatic carbocycles. The van der Waals surface area contributed by atoms with Crippen LogP contribution in [0.5, 0.6) is 0 Å². The molecule has 3 aromatic rings. The quantitative estimate of drug-likeness (QED) is 0.646. The third kappa shape index (κ3) is 5.39. The van der Waals surface area contributed by atoms with Crippen LogP contribution in [-0.2, 0) is 11.2 Å². The first-order chi connectivity index (χ1) is 15.6. The molecule has 1 fully saturated rings. The van der Waals surface area contributed by atoms with Crippen molar-refractivity contribution in [2.75, 3.05) is 38.0 Å². The third-order valence-electron chi connectivity index (χ3n) is 5.66. The summed E-state index contributed by atoms with van der Waals surface area (Å²) in [5.41, 5.74) is 3.15. The molecule has 3 aromatic carbocycles. The minimum atomic E-state index is -0.506. The molecule has 6 heteroatoms. The summed E-state index contributed by atoms with van der Waals surface area (Å²) in [5, 5.41) is 3.03. The highest BCUT2D eigenvalue weighted by molar-refractivity contribution is 5.95. The molecule has 5 nitrogen and oxygen atoms in total. The molecule has 2 amide bonds. The number of amides is 2. The van der Waals surface area contributed by atoms with Gasteiger partial charge in [-0.2, -0.15) is 0 Å². The molecule has 0 radical (unpaired) electrons. The number of nitrogens with one attached hydrogen (secondary N) is 1. The van der Waals surface area contributed by atoms with Crippen LogP contribution in [0.4, 0.5) is 10.1 Å². The summed E-state index contributed by atoms with van der Waals surface area (Å²) in [6.07, 6.45) is 0.744. The van der Waals surface area contributed by atoms with Crippen LogP contribution in [0, 0.1) is 5.82 Å². The van der Waals surface area contributed by atoms with Crippen molar-refractivity contribution in [2.24, 2.45) is 0 Å². The zero-order chi connectivity index (χ0) is 22.3. The molecule has 1 N–H and O–H groups in total. The lowest BCUT2D eigenvalue weighted by atomic mass is 10.0. The number of rotatable bonds is 6. The predicted octanol–water partition coefficient (Wildman–Crippen LogP) is 3.81. The van der Waals surface area contributed by atoms with Crippen LogP contribution in [0.25, 0.3) is 0 Å². The molecule has 1 aliphatic rings. The first-order valence-corrected chi connectivity index (χ1v) is 10.8. The predicted molar refractivity (Wildman–Crippen MR) is 123 cm³/mol. The van der Waals surface area contributed by atoms with Gasteiger partial charge in [-0.25, -0.2) is 4.39 Å². The maximum Gasteiger partial charge on any atom is 0.256 e. The van der Waals surface area contributed by atoms with Gasteiger partial charge in [0.1, 0.15) is 5.82 Å². The van der Waals surface area contributed by atoms with E-state index in [1.807, 2.05) is 47.4 Å². The molecule has 1 aliphatic heterocycles. The molecule has 4 rings (SSSR count). The first kappa shape index (κ1) is 21.7. The van der Waals surface area contributed by atoms with E-state index in [2.05, 4.69) is 17.4 Å². The highest BCUT2D eigenvalue weighted by atomic mass is 19.1. The van der Waals surface area contributed by atoms with E-state index >= 15 is 0 Å². The van der Waals surface area contributed by atoms with Gasteiger partial charge in [0.05, 0.1) is 12.1 Å². The number of carbonyl (C=O) groups excluding carboxylic acids is 2. The third-order valence-corrected chi connectivity index (χ3v) is 5.66. The fourth-order valence-electron chi connectivity index (χ4n) is 3.92. The Labute approximate surface area is 187 Å². The number of hydrogen-bond acceptors (Lipinski definition) is 3. The monoisotopic (exact) mass is 431 g/mol. The summed E-state index contributed by atoms with van der Waals surface area (Å²) in [6.45, 7) is 2.32. The Bertz CT molecular complexity index is 1080. The number of piperazine rings is 1. The number of nitrogens with zero attached hydrogens (tertiary/aromatic N) is 2. The Morgan fingerprint density at radius 2 is 1.47 bits per heavy atom. The van der Waals surface area contributed by atoms with E-state index in [0.29, 0.717) is 26.2 Å². The largest absolute Gasteiger partial charge is 0.336 e. The van der Waals surface area contributed by atoms with Crippen LogP contribution < -0.4 is 5.32 Å². The average molecular weight is 432 g/mol. The summed E-state index contributed by atoms with van der Waals surface area (Å²) >= 11 is 0.